The molecule has 0 saturated heterocycles. The molecule has 1 aromatic rings. The lowest BCUT2D eigenvalue weighted by atomic mass is 9.95. The zero-order valence-corrected chi connectivity index (χ0v) is 13.0. The highest BCUT2D eigenvalue weighted by Crippen LogP contribution is 2.20. The number of aryl methyl sites for hydroxylation is 1. The Morgan fingerprint density at radius 1 is 1.24 bits per heavy atom. The molecule has 1 amide bonds. The van der Waals surface area contributed by atoms with Gasteiger partial charge in [0.15, 0.2) is 0 Å². The van der Waals surface area contributed by atoms with Gasteiger partial charge in [-0.15, -0.1) is 0 Å². The molecule has 0 radical (unpaired) electrons. The van der Waals surface area contributed by atoms with Gasteiger partial charge in [0.05, 0.1) is 5.92 Å². The summed E-state index contributed by atoms with van der Waals surface area (Å²) in [6.45, 7) is 7.53. The molecule has 0 bridgehead atoms. The topological polar surface area (TPSA) is 75.6 Å². The summed E-state index contributed by atoms with van der Waals surface area (Å²) in [5, 5.41) is 11.9. The SMILES string of the molecule is Cc1ccc(C(CCNC(=O)OC(C)(C)C)C(=O)O)cc1. The van der Waals surface area contributed by atoms with Crippen molar-refractivity contribution in [3.05, 3.63) is 35.4 Å². The fourth-order valence-corrected chi connectivity index (χ4v) is 1.86. The minimum atomic E-state index is -0.898. The van der Waals surface area contributed by atoms with Crippen molar-refractivity contribution < 1.29 is 19.4 Å². The van der Waals surface area contributed by atoms with Crippen LogP contribution in [0.2, 0.25) is 0 Å². The van der Waals surface area contributed by atoms with Crippen molar-refractivity contribution in [3.63, 3.8) is 0 Å². The first kappa shape index (κ1) is 17.0. The van der Waals surface area contributed by atoms with Crippen molar-refractivity contribution in [2.45, 2.75) is 45.6 Å². The van der Waals surface area contributed by atoms with Crippen molar-refractivity contribution in [2.24, 2.45) is 0 Å². The van der Waals surface area contributed by atoms with Crippen molar-refractivity contribution >= 4 is 12.1 Å². The Morgan fingerprint density at radius 3 is 2.29 bits per heavy atom. The van der Waals surface area contributed by atoms with Crippen LogP contribution in [0, 0.1) is 6.92 Å². The number of nitrogens with one attached hydrogen (secondary N) is 1. The number of hydrogen-bond donors (Lipinski definition) is 2. The minimum absolute atomic E-state index is 0.250. The molecule has 1 atom stereocenters. The van der Waals surface area contributed by atoms with E-state index in [0.29, 0.717) is 6.42 Å². The van der Waals surface area contributed by atoms with Crippen LogP contribution in [0.4, 0.5) is 4.79 Å². The highest BCUT2D eigenvalue weighted by molar-refractivity contribution is 5.76. The summed E-state index contributed by atoms with van der Waals surface area (Å²) in [5.41, 5.74) is 1.25. The van der Waals surface area contributed by atoms with Crippen LogP contribution in [-0.2, 0) is 9.53 Å². The van der Waals surface area contributed by atoms with Gasteiger partial charge in [0.2, 0.25) is 0 Å². The van der Waals surface area contributed by atoms with E-state index in [9.17, 15) is 14.7 Å². The second-order valence-electron chi connectivity index (χ2n) is 6.02. The molecule has 1 aromatic carbocycles. The third-order valence-corrected chi connectivity index (χ3v) is 2.88. The Kier molecular flexibility index (Phi) is 5.76. The maximum absolute atomic E-state index is 11.5. The molecule has 0 aromatic heterocycles. The molecule has 1 unspecified atom stereocenters. The van der Waals surface area contributed by atoms with Gasteiger partial charge in [-0.1, -0.05) is 29.8 Å². The van der Waals surface area contributed by atoms with Gasteiger partial charge < -0.3 is 15.2 Å². The number of carboxylic acid groups (broad SMARTS) is 1. The quantitative estimate of drug-likeness (QED) is 0.874. The van der Waals surface area contributed by atoms with Gasteiger partial charge in [-0.25, -0.2) is 4.79 Å². The lowest BCUT2D eigenvalue weighted by Crippen LogP contribution is -2.33. The predicted octanol–water partition coefficient (Wildman–Crippen LogP) is 3.08. The van der Waals surface area contributed by atoms with Gasteiger partial charge in [-0.2, -0.15) is 0 Å². The first-order chi connectivity index (χ1) is 9.69. The number of alkyl carbamates (subject to hydrolysis) is 1. The minimum Gasteiger partial charge on any atom is -0.481 e. The Morgan fingerprint density at radius 2 is 1.81 bits per heavy atom. The van der Waals surface area contributed by atoms with E-state index in [1.807, 2.05) is 31.2 Å². The molecule has 2 N–H and O–H groups in total. The third-order valence-electron chi connectivity index (χ3n) is 2.88. The highest BCUT2D eigenvalue weighted by Gasteiger charge is 2.21. The molecule has 5 nitrogen and oxygen atoms in total. The van der Waals surface area contributed by atoms with Crippen molar-refractivity contribution in [1.82, 2.24) is 5.32 Å². The normalized spacial score (nSPS) is 12.6. The van der Waals surface area contributed by atoms with E-state index in [2.05, 4.69) is 5.32 Å². The smallest absolute Gasteiger partial charge is 0.407 e. The van der Waals surface area contributed by atoms with Crippen LogP contribution in [0.25, 0.3) is 0 Å². The summed E-state index contributed by atoms with van der Waals surface area (Å²) in [7, 11) is 0. The lowest BCUT2D eigenvalue weighted by molar-refractivity contribution is -0.139. The van der Waals surface area contributed by atoms with Crippen LogP contribution >= 0.6 is 0 Å². The molecule has 0 aliphatic heterocycles. The molecule has 0 heterocycles. The molecule has 5 heteroatoms. The van der Waals surface area contributed by atoms with Gasteiger partial charge in [-0.05, 0) is 39.7 Å². The van der Waals surface area contributed by atoms with Crippen LogP contribution in [0.1, 0.15) is 44.2 Å². The molecule has 0 aliphatic carbocycles. The van der Waals surface area contributed by atoms with Crippen LogP contribution in [0.3, 0.4) is 0 Å². The summed E-state index contributed by atoms with van der Waals surface area (Å²) in [4.78, 5) is 22.9. The number of carbonyl (C=O) groups is 2. The summed E-state index contributed by atoms with van der Waals surface area (Å²) >= 11 is 0. The largest absolute Gasteiger partial charge is 0.481 e. The zero-order valence-electron chi connectivity index (χ0n) is 13.0. The fraction of sp³-hybridized carbons (Fsp3) is 0.500. The molecule has 116 valence electrons. The Hall–Kier alpha value is -2.04. The van der Waals surface area contributed by atoms with E-state index in [1.54, 1.807) is 20.8 Å². The average Bonchev–Trinajstić information content (AvgIpc) is 2.33. The van der Waals surface area contributed by atoms with Gasteiger partial charge >= 0.3 is 12.1 Å². The number of rotatable bonds is 5. The summed E-state index contributed by atoms with van der Waals surface area (Å²) in [6.07, 6.45) is -0.215. The molecular formula is C16H23NO4. The third kappa shape index (κ3) is 6.29. The summed E-state index contributed by atoms with van der Waals surface area (Å²) in [5.74, 6) is -1.54. The van der Waals surface area contributed by atoms with Crippen molar-refractivity contribution in [3.8, 4) is 0 Å². The molecule has 0 spiro atoms. The maximum atomic E-state index is 11.5. The monoisotopic (exact) mass is 293 g/mol. The van der Waals surface area contributed by atoms with E-state index < -0.39 is 23.6 Å². The average molecular weight is 293 g/mol. The number of carboxylic acids is 1. The second-order valence-corrected chi connectivity index (χ2v) is 6.02. The number of carbonyl (C=O) groups excluding carboxylic acids is 1. The second kappa shape index (κ2) is 7.11. The van der Waals surface area contributed by atoms with E-state index in [1.165, 1.54) is 0 Å². The fourth-order valence-electron chi connectivity index (χ4n) is 1.86. The van der Waals surface area contributed by atoms with Gasteiger partial charge in [0.25, 0.3) is 0 Å². The van der Waals surface area contributed by atoms with Crippen molar-refractivity contribution in [1.29, 1.82) is 0 Å². The summed E-state index contributed by atoms with van der Waals surface area (Å²) < 4.78 is 5.10. The van der Waals surface area contributed by atoms with Crippen LogP contribution in [0.5, 0.6) is 0 Å². The number of ether oxygens (including phenoxy) is 1. The van der Waals surface area contributed by atoms with E-state index >= 15 is 0 Å². The van der Waals surface area contributed by atoms with Crippen LogP contribution in [0.15, 0.2) is 24.3 Å². The lowest BCUT2D eigenvalue weighted by Gasteiger charge is -2.20. The molecule has 0 aliphatic rings. The molecule has 0 saturated carbocycles. The molecular weight excluding hydrogens is 270 g/mol. The highest BCUT2D eigenvalue weighted by atomic mass is 16.6. The standard InChI is InChI=1S/C16H23NO4/c1-11-5-7-12(8-6-11)13(14(18)19)9-10-17-15(20)21-16(2,3)4/h5-8,13H,9-10H2,1-4H3,(H,17,20)(H,18,19). The first-order valence-corrected chi connectivity index (χ1v) is 6.95. The number of amides is 1. The van der Waals surface area contributed by atoms with Crippen LogP contribution in [-0.4, -0.2) is 29.3 Å². The van der Waals surface area contributed by atoms with Gasteiger partial charge in [0.1, 0.15) is 5.60 Å². The van der Waals surface area contributed by atoms with E-state index in [-0.39, 0.29) is 6.54 Å². The van der Waals surface area contributed by atoms with Gasteiger partial charge in [-0.3, -0.25) is 4.79 Å². The molecule has 21 heavy (non-hydrogen) atoms. The van der Waals surface area contributed by atoms with E-state index in [0.717, 1.165) is 11.1 Å². The summed E-state index contributed by atoms with van der Waals surface area (Å²) in [6, 6.07) is 7.38. The molecule has 0 fully saturated rings. The Balaban J connectivity index is 2.55. The predicted molar refractivity (Wildman–Crippen MR) is 80.4 cm³/mol. The zero-order chi connectivity index (χ0) is 16.0. The van der Waals surface area contributed by atoms with Crippen LogP contribution < -0.4 is 5.32 Å². The van der Waals surface area contributed by atoms with E-state index in [4.69, 9.17) is 4.74 Å². The Labute approximate surface area is 125 Å². The van der Waals surface area contributed by atoms with Crippen molar-refractivity contribution in [2.75, 3.05) is 6.54 Å². The maximum Gasteiger partial charge on any atom is 0.407 e. The number of benzene rings is 1. The molecule has 1 rings (SSSR count). The first-order valence-electron chi connectivity index (χ1n) is 6.95. The number of hydrogen-bond acceptors (Lipinski definition) is 3. The Bertz CT molecular complexity index is 488. The number of aliphatic carboxylic acids is 1. The van der Waals surface area contributed by atoms with Gasteiger partial charge in [0, 0.05) is 6.54 Å².